The van der Waals surface area contributed by atoms with Crippen LogP contribution in [0, 0.1) is 13.8 Å². The lowest BCUT2D eigenvalue weighted by Gasteiger charge is -2.17. The topological polar surface area (TPSA) is 88.0 Å². The lowest BCUT2D eigenvalue weighted by Crippen LogP contribution is -2.09. The van der Waals surface area contributed by atoms with Crippen molar-refractivity contribution in [3.05, 3.63) is 90.3 Å². The zero-order chi connectivity index (χ0) is 29.4. The first-order valence-corrected chi connectivity index (χ1v) is 13.0. The van der Waals surface area contributed by atoms with Gasteiger partial charge in [-0.1, -0.05) is 26.5 Å². The van der Waals surface area contributed by atoms with Gasteiger partial charge in [0.2, 0.25) is 0 Å². The number of pyridine rings is 2. The maximum atomic E-state index is 13.8. The zero-order valence-corrected chi connectivity index (χ0v) is 24.0. The monoisotopic (exact) mass is 543 g/mol. The van der Waals surface area contributed by atoms with Gasteiger partial charge in [-0.2, -0.15) is 0 Å². The molecule has 0 saturated carbocycles. The van der Waals surface area contributed by atoms with Crippen molar-refractivity contribution in [2.75, 3.05) is 10.6 Å². The Morgan fingerprint density at radius 2 is 1.70 bits per heavy atom. The summed E-state index contributed by atoms with van der Waals surface area (Å²) in [6, 6.07) is 12.1. The van der Waals surface area contributed by atoms with Gasteiger partial charge in [0, 0.05) is 47.5 Å². The second kappa shape index (κ2) is 13.0. The van der Waals surface area contributed by atoms with E-state index < -0.39 is 5.92 Å². The van der Waals surface area contributed by atoms with Crippen molar-refractivity contribution < 1.29 is 8.78 Å². The zero-order valence-electron chi connectivity index (χ0n) is 24.0. The van der Waals surface area contributed by atoms with E-state index in [0.29, 0.717) is 34.3 Å². The second-order valence-electron chi connectivity index (χ2n) is 9.19. The highest BCUT2D eigenvalue weighted by molar-refractivity contribution is 5.89. The van der Waals surface area contributed by atoms with E-state index in [-0.39, 0.29) is 5.56 Å². The molecule has 0 radical (unpaired) electrons. The number of benzene rings is 1. The van der Waals surface area contributed by atoms with Gasteiger partial charge in [-0.15, -0.1) is 0 Å². The Morgan fingerprint density at radius 1 is 0.950 bits per heavy atom. The molecular formula is C31H35F2N7. The van der Waals surface area contributed by atoms with Crippen LogP contribution in [-0.4, -0.2) is 25.6 Å². The predicted octanol–water partition coefficient (Wildman–Crippen LogP) is 8.63. The molecule has 0 aliphatic carbocycles. The number of nitrogens with zero attached hydrogens (tertiary/aromatic N) is 5. The van der Waals surface area contributed by atoms with Gasteiger partial charge in [0.05, 0.1) is 17.1 Å². The number of halogens is 2. The Kier molecular flexibility index (Phi) is 9.77. The van der Waals surface area contributed by atoms with Crippen LogP contribution in [0.4, 0.5) is 31.7 Å². The molecule has 4 aromatic rings. The molecule has 40 heavy (non-hydrogen) atoms. The molecule has 4 rings (SSSR count). The van der Waals surface area contributed by atoms with Crippen LogP contribution >= 0.6 is 0 Å². The Balaban J connectivity index is 0.00000216. The minimum absolute atomic E-state index is 0.124. The first-order chi connectivity index (χ1) is 19.0. The van der Waals surface area contributed by atoms with Crippen molar-refractivity contribution >= 4 is 34.3 Å². The summed E-state index contributed by atoms with van der Waals surface area (Å²) < 4.78 is 27.6. The number of nitrogens with one attached hydrogen (secondary N) is 2. The lowest BCUT2D eigenvalue weighted by molar-refractivity contribution is 0.0173. The second-order valence-corrected chi connectivity index (χ2v) is 9.19. The largest absolute Gasteiger partial charge is 0.354 e. The highest BCUT2D eigenvalue weighted by atomic mass is 19.3. The normalized spacial score (nSPS) is 10.7. The van der Waals surface area contributed by atoms with E-state index in [2.05, 4.69) is 42.1 Å². The molecule has 0 spiro atoms. The summed E-state index contributed by atoms with van der Waals surface area (Å²) >= 11 is 0. The molecule has 1 aromatic carbocycles. The van der Waals surface area contributed by atoms with E-state index in [0.717, 1.165) is 35.1 Å². The first kappa shape index (κ1) is 30.0. The van der Waals surface area contributed by atoms with Crippen molar-refractivity contribution in [3.8, 4) is 11.3 Å². The van der Waals surface area contributed by atoms with E-state index in [9.17, 15) is 8.78 Å². The van der Waals surface area contributed by atoms with Gasteiger partial charge in [-0.3, -0.25) is 9.98 Å². The Morgan fingerprint density at radius 3 is 2.40 bits per heavy atom. The first-order valence-electron chi connectivity index (χ1n) is 13.0. The number of hydrogen-bond acceptors (Lipinski definition) is 7. The fourth-order valence-electron chi connectivity index (χ4n) is 3.79. The van der Waals surface area contributed by atoms with Crippen molar-refractivity contribution in [1.82, 2.24) is 19.9 Å². The van der Waals surface area contributed by atoms with Crippen molar-refractivity contribution in [3.63, 3.8) is 0 Å². The highest BCUT2D eigenvalue weighted by Crippen LogP contribution is 2.36. The number of aromatic nitrogens is 4. The number of anilines is 3. The molecule has 0 atom stereocenters. The third-order valence-corrected chi connectivity index (χ3v) is 5.77. The maximum absolute atomic E-state index is 13.8. The minimum Gasteiger partial charge on any atom is -0.354 e. The average molecular weight is 544 g/mol. The SMILES string of the molecule is C=C(Nc1ccc(C)c(Nc2ncccc2-c2ncnc(C)c2N=C(C)C)c1)c1cc(C(C)(F)F)ccn1.CC. The van der Waals surface area contributed by atoms with E-state index in [1.165, 1.54) is 24.7 Å². The Hall–Kier alpha value is -4.53. The van der Waals surface area contributed by atoms with Gasteiger partial charge in [-0.05, 0) is 69.7 Å². The smallest absolute Gasteiger partial charge is 0.270 e. The fraction of sp³-hybridized carbons (Fsp3) is 0.258. The average Bonchev–Trinajstić information content (AvgIpc) is 2.92. The summed E-state index contributed by atoms with van der Waals surface area (Å²) in [6.45, 7) is 16.6. The van der Waals surface area contributed by atoms with Crippen LogP contribution in [0.5, 0.6) is 0 Å². The molecule has 0 aliphatic rings. The third-order valence-electron chi connectivity index (χ3n) is 5.77. The number of alkyl halides is 2. The van der Waals surface area contributed by atoms with Gasteiger partial charge < -0.3 is 10.6 Å². The molecule has 0 amide bonds. The summed E-state index contributed by atoms with van der Waals surface area (Å²) in [5.74, 6) is -2.36. The molecule has 7 nitrogen and oxygen atoms in total. The van der Waals surface area contributed by atoms with E-state index in [4.69, 9.17) is 0 Å². The molecule has 2 N–H and O–H groups in total. The van der Waals surface area contributed by atoms with Crippen LogP contribution in [0.1, 0.15) is 57.1 Å². The predicted molar refractivity (Wildman–Crippen MR) is 161 cm³/mol. The summed E-state index contributed by atoms with van der Waals surface area (Å²) in [5.41, 5.74) is 6.90. The number of aliphatic imine (C=N–C) groups is 1. The fourth-order valence-corrected chi connectivity index (χ4v) is 3.79. The number of aryl methyl sites for hydroxylation is 2. The van der Waals surface area contributed by atoms with E-state index in [1.54, 1.807) is 6.20 Å². The molecule has 0 aliphatic heterocycles. The number of hydrogen-bond donors (Lipinski definition) is 2. The molecular weight excluding hydrogens is 508 g/mol. The van der Waals surface area contributed by atoms with E-state index in [1.807, 2.05) is 71.9 Å². The quantitative estimate of drug-likeness (QED) is 0.216. The molecule has 0 unspecified atom stereocenters. The molecule has 3 aromatic heterocycles. The summed E-state index contributed by atoms with van der Waals surface area (Å²) in [4.78, 5) is 22.3. The summed E-state index contributed by atoms with van der Waals surface area (Å²) in [5, 5.41) is 6.59. The van der Waals surface area contributed by atoms with Crippen LogP contribution in [0.15, 0.2) is 72.8 Å². The van der Waals surface area contributed by atoms with Gasteiger partial charge in [0.15, 0.2) is 0 Å². The number of rotatable bonds is 8. The minimum atomic E-state index is -2.97. The van der Waals surface area contributed by atoms with Crippen LogP contribution in [0.2, 0.25) is 0 Å². The molecule has 9 heteroatoms. The highest BCUT2D eigenvalue weighted by Gasteiger charge is 2.25. The standard InChI is InChI=1S/C29H29F2N7.C2H6/c1-17(2)36-26-20(5)34-16-35-27(26)23-8-7-12-33-28(23)38-24-15-22(10-9-18(24)3)37-19(4)25-14-21(11-13-32-25)29(6,30)31;1-2/h7-16,37H,4H2,1-3,5-6H3,(H,33,38);1-2H3. The van der Waals surface area contributed by atoms with E-state index >= 15 is 0 Å². The van der Waals surface area contributed by atoms with Crippen LogP contribution in [0.3, 0.4) is 0 Å². The Bertz CT molecular complexity index is 1520. The van der Waals surface area contributed by atoms with Gasteiger partial charge in [-0.25, -0.2) is 23.7 Å². The maximum Gasteiger partial charge on any atom is 0.270 e. The lowest BCUT2D eigenvalue weighted by atomic mass is 10.1. The van der Waals surface area contributed by atoms with Gasteiger partial charge in [0.1, 0.15) is 23.5 Å². The van der Waals surface area contributed by atoms with Crippen LogP contribution in [-0.2, 0) is 5.92 Å². The molecule has 0 bridgehead atoms. The molecule has 0 fully saturated rings. The van der Waals surface area contributed by atoms with Crippen LogP contribution < -0.4 is 10.6 Å². The van der Waals surface area contributed by atoms with Crippen molar-refractivity contribution in [2.45, 2.75) is 54.4 Å². The summed E-state index contributed by atoms with van der Waals surface area (Å²) in [7, 11) is 0. The van der Waals surface area contributed by atoms with Gasteiger partial charge >= 0.3 is 0 Å². The van der Waals surface area contributed by atoms with Crippen molar-refractivity contribution in [1.29, 1.82) is 0 Å². The van der Waals surface area contributed by atoms with Gasteiger partial charge in [0.25, 0.3) is 5.92 Å². The molecule has 3 heterocycles. The van der Waals surface area contributed by atoms with Crippen molar-refractivity contribution in [2.24, 2.45) is 4.99 Å². The molecule has 208 valence electrons. The molecule has 0 saturated heterocycles. The third kappa shape index (κ3) is 7.31. The summed E-state index contributed by atoms with van der Waals surface area (Å²) in [6.07, 6.45) is 4.58. The Labute approximate surface area is 234 Å². The van der Waals surface area contributed by atoms with Crippen LogP contribution in [0.25, 0.3) is 17.0 Å².